The van der Waals surface area contributed by atoms with Gasteiger partial charge in [0.2, 0.25) is 0 Å². The van der Waals surface area contributed by atoms with E-state index in [4.69, 9.17) is 9.47 Å². The van der Waals surface area contributed by atoms with Crippen LogP contribution in [0.4, 0.5) is 13.2 Å². The molecule has 0 N–H and O–H groups in total. The van der Waals surface area contributed by atoms with Gasteiger partial charge in [-0.15, -0.1) is 0 Å². The maximum Gasteiger partial charge on any atom is 0.432 e. The van der Waals surface area contributed by atoms with Crippen LogP contribution < -0.4 is 0 Å². The second-order valence-corrected chi connectivity index (χ2v) is 8.95. The second-order valence-electron chi connectivity index (χ2n) is 8.95. The molecule has 1 aromatic rings. The first-order chi connectivity index (χ1) is 15.1. The van der Waals surface area contributed by atoms with Crippen molar-refractivity contribution in [2.75, 3.05) is 7.11 Å². The third-order valence-electron chi connectivity index (χ3n) is 6.80. The minimum absolute atomic E-state index is 0.0292. The fourth-order valence-corrected chi connectivity index (χ4v) is 4.54. The van der Waals surface area contributed by atoms with Crippen LogP contribution in [0.2, 0.25) is 0 Å². The van der Waals surface area contributed by atoms with Crippen LogP contribution in [0.3, 0.4) is 0 Å². The van der Waals surface area contributed by atoms with Crippen molar-refractivity contribution >= 4 is 12.3 Å². The van der Waals surface area contributed by atoms with Crippen molar-refractivity contribution in [3.63, 3.8) is 0 Å². The molecule has 0 aromatic heterocycles. The first-order valence-electron chi connectivity index (χ1n) is 10.8. The molecule has 2 aliphatic rings. The van der Waals surface area contributed by atoms with E-state index in [9.17, 15) is 22.8 Å². The van der Waals surface area contributed by atoms with Crippen LogP contribution >= 0.6 is 0 Å². The molecule has 174 valence electrons. The van der Waals surface area contributed by atoms with Crippen LogP contribution in [0.15, 0.2) is 53.6 Å². The van der Waals surface area contributed by atoms with Crippen molar-refractivity contribution in [3.8, 4) is 0 Å². The number of carbonyl (C=O) groups excluding carboxylic acids is 2. The number of ether oxygens (including phenoxy) is 2. The van der Waals surface area contributed by atoms with Crippen LogP contribution in [-0.2, 0) is 24.7 Å². The van der Waals surface area contributed by atoms with E-state index in [0.29, 0.717) is 31.3 Å². The number of hydrogen-bond donors (Lipinski definition) is 0. The molecule has 1 saturated carbocycles. The smallest absolute Gasteiger partial charge is 0.432 e. The van der Waals surface area contributed by atoms with Crippen molar-refractivity contribution in [1.82, 2.24) is 0 Å². The summed E-state index contributed by atoms with van der Waals surface area (Å²) in [7, 11) is 0.868. The van der Waals surface area contributed by atoms with Gasteiger partial charge in [-0.3, -0.25) is 4.79 Å². The molecule has 2 aliphatic carbocycles. The van der Waals surface area contributed by atoms with Crippen LogP contribution in [0.25, 0.3) is 0 Å². The lowest BCUT2D eigenvalue weighted by molar-refractivity contribution is -0.279. The lowest BCUT2D eigenvalue weighted by atomic mass is 9.90. The Morgan fingerprint density at radius 2 is 1.88 bits per heavy atom. The predicted molar refractivity (Wildman–Crippen MR) is 114 cm³/mol. The van der Waals surface area contributed by atoms with Crippen molar-refractivity contribution in [2.45, 2.75) is 63.8 Å². The molecular weight excluding hydrogens is 421 g/mol. The second kappa shape index (κ2) is 9.22. The molecule has 0 unspecified atom stereocenters. The number of fused-ring (bicyclic) bond motifs is 1. The average molecular weight is 450 g/mol. The van der Waals surface area contributed by atoms with Crippen LogP contribution in [0.1, 0.15) is 51.5 Å². The normalized spacial score (nSPS) is 31.4. The van der Waals surface area contributed by atoms with E-state index in [2.05, 4.69) is 0 Å². The number of rotatable bonds is 5. The molecular formula is C25H29F3O4. The third-order valence-corrected chi connectivity index (χ3v) is 6.80. The average Bonchev–Trinajstić information content (AvgIpc) is 3.40. The quantitative estimate of drug-likeness (QED) is 0.329. The van der Waals surface area contributed by atoms with E-state index in [-0.39, 0.29) is 11.5 Å². The molecule has 0 amide bonds. The molecule has 0 saturated heterocycles. The Balaban J connectivity index is 1.96. The maximum atomic E-state index is 14.3. The Kier molecular flexibility index (Phi) is 6.98. The van der Waals surface area contributed by atoms with Gasteiger partial charge in [-0.25, -0.2) is 4.79 Å². The number of aldehydes is 1. The summed E-state index contributed by atoms with van der Waals surface area (Å²) < 4.78 is 53.3. The van der Waals surface area contributed by atoms with E-state index in [1.54, 1.807) is 6.07 Å². The Labute approximate surface area is 186 Å². The van der Waals surface area contributed by atoms with E-state index in [0.717, 1.165) is 25.4 Å². The highest BCUT2D eigenvalue weighted by Crippen LogP contribution is 2.58. The first-order valence-corrected chi connectivity index (χ1v) is 10.8. The van der Waals surface area contributed by atoms with Gasteiger partial charge in [0, 0.05) is 18.1 Å². The van der Waals surface area contributed by atoms with E-state index in [1.165, 1.54) is 24.3 Å². The topological polar surface area (TPSA) is 52.6 Å². The van der Waals surface area contributed by atoms with Gasteiger partial charge in [-0.2, -0.15) is 13.2 Å². The van der Waals surface area contributed by atoms with Gasteiger partial charge in [0.05, 0.1) is 0 Å². The largest absolute Gasteiger partial charge is 0.459 e. The fraction of sp³-hybridized carbons (Fsp3) is 0.520. The van der Waals surface area contributed by atoms with E-state index < -0.39 is 29.3 Å². The molecule has 0 bridgehead atoms. The first kappa shape index (κ1) is 24.2. The Morgan fingerprint density at radius 1 is 1.19 bits per heavy atom. The van der Waals surface area contributed by atoms with Gasteiger partial charge in [-0.05, 0) is 50.5 Å². The minimum atomic E-state index is -5.02. The number of esters is 1. The Bertz CT molecular complexity index is 906. The molecule has 32 heavy (non-hydrogen) atoms. The summed E-state index contributed by atoms with van der Waals surface area (Å²) in [5, 5.41) is 0. The number of alkyl halides is 3. The number of halogens is 3. The molecule has 1 aromatic carbocycles. The summed E-state index contributed by atoms with van der Waals surface area (Å²) in [6.45, 7) is 3.84. The van der Waals surface area contributed by atoms with E-state index in [1.807, 2.05) is 26.0 Å². The van der Waals surface area contributed by atoms with Crippen molar-refractivity contribution in [1.29, 1.82) is 0 Å². The highest BCUT2D eigenvalue weighted by atomic mass is 19.4. The van der Waals surface area contributed by atoms with Crippen LogP contribution in [0.5, 0.6) is 0 Å². The minimum Gasteiger partial charge on any atom is -0.459 e. The molecule has 4 atom stereocenters. The zero-order valence-corrected chi connectivity index (χ0v) is 18.6. The van der Waals surface area contributed by atoms with Crippen molar-refractivity contribution in [2.24, 2.45) is 11.3 Å². The lowest BCUT2D eigenvalue weighted by Gasteiger charge is -2.35. The van der Waals surface area contributed by atoms with Crippen molar-refractivity contribution < 1.29 is 32.2 Å². The lowest BCUT2D eigenvalue weighted by Crippen LogP contribution is -2.53. The number of benzene rings is 1. The zero-order valence-electron chi connectivity index (χ0n) is 18.6. The molecule has 1 fully saturated rings. The number of allylic oxidation sites excluding steroid dienone is 4. The van der Waals surface area contributed by atoms with Crippen LogP contribution in [-0.4, -0.2) is 31.6 Å². The van der Waals surface area contributed by atoms with Crippen LogP contribution in [0, 0.1) is 11.3 Å². The summed E-state index contributed by atoms with van der Waals surface area (Å²) in [6, 6.07) is 6.84. The highest BCUT2D eigenvalue weighted by Gasteiger charge is 2.65. The molecule has 4 nitrogen and oxygen atoms in total. The summed E-state index contributed by atoms with van der Waals surface area (Å²) in [5.74, 6) is -1.50. The fourth-order valence-electron chi connectivity index (χ4n) is 4.54. The Hall–Kier alpha value is -2.41. The molecule has 0 heterocycles. The summed E-state index contributed by atoms with van der Waals surface area (Å²) in [4.78, 5) is 24.6. The zero-order chi connectivity index (χ0) is 23.6. The molecule has 0 aliphatic heterocycles. The number of carbonyl (C=O) groups is 2. The number of methoxy groups -OCH3 is 1. The van der Waals surface area contributed by atoms with Gasteiger partial charge < -0.3 is 9.47 Å². The summed E-state index contributed by atoms with van der Waals surface area (Å²) in [5.41, 5.74) is -2.35. The molecule has 7 heteroatoms. The van der Waals surface area contributed by atoms with Crippen molar-refractivity contribution in [3.05, 3.63) is 59.2 Å². The maximum absolute atomic E-state index is 14.3. The molecule has 3 rings (SSSR count). The van der Waals surface area contributed by atoms with Gasteiger partial charge >= 0.3 is 12.1 Å². The Morgan fingerprint density at radius 3 is 2.47 bits per heavy atom. The summed E-state index contributed by atoms with van der Waals surface area (Å²) in [6.07, 6.45) is 1.95. The molecule has 0 spiro atoms. The number of hydrogen-bond acceptors (Lipinski definition) is 4. The standard InChI is InChI=1S/C25H29F3O4/c1-17-8-7-9-18(16-29)14-20-15-23(20,2)21(13-12-17)32-22(30)24(31-3,25(26,27)28)19-10-5-4-6-11-19/h4-6,8,10-11,14,16,20-21H,7,9,12-13,15H2,1-3H3/b17-8+,18-14+/t20-,21-,23-,24+/m0/s1. The predicted octanol–water partition coefficient (Wildman–Crippen LogP) is 5.67. The van der Waals surface area contributed by atoms with Gasteiger partial charge in [0.1, 0.15) is 12.4 Å². The monoisotopic (exact) mass is 450 g/mol. The summed E-state index contributed by atoms with van der Waals surface area (Å²) >= 11 is 0. The highest BCUT2D eigenvalue weighted by molar-refractivity contribution is 5.83. The van der Waals surface area contributed by atoms with E-state index >= 15 is 0 Å². The molecule has 0 radical (unpaired) electrons. The van der Waals surface area contributed by atoms with Gasteiger partial charge in [0.15, 0.2) is 0 Å². The van der Waals surface area contributed by atoms with Gasteiger partial charge in [0.25, 0.3) is 5.60 Å². The third kappa shape index (κ3) is 4.53. The SMILES string of the molecule is CO[C@@](C(=O)O[C@H]1CC/C(C)=C/CC/C(C=O)=C\[C@H]2C[C@]12C)(c1ccccc1)C(F)(F)F. The van der Waals surface area contributed by atoms with Gasteiger partial charge in [-0.1, -0.05) is 55.0 Å².